The van der Waals surface area contributed by atoms with Crippen LogP contribution >= 0.6 is 0 Å². The molecule has 1 N–H and O–H groups in total. The minimum Gasteiger partial charge on any atom is -0.465 e. The first-order valence-electron chi connectivity index (χ1n) is 9.09. The molecule has 26 heavy (non-hydrogen) atoms. The highest BCUT2D eigenvalue weighted by Crippen LogP contribution is 2.25. The lowest BCUT2D eigenvalue weighted by atomic mass is 9.90. The van der Waals surface area contributed by atoms with Crippen molar-refractivity contribution in [2.24, 2.45) is 0 Å². The SMILES string of the molecule is CCOC(=O)C(c1ccccc1)C(O)CCCCN(C=O)OC(C)(C)C. The van der Waals surface area contributed by atoms with E-state index in [2.05, 4.69) is 0 Å². The summed E-state index contributed by atoms with van der Waals surface area (Å²) in [7, 11) is 0. The highest BCUT2D eigenvalue weighted by atomic mass is 16.7. The van der Waals surface area contributed by atoms with Crippen molar-refractivity contribution < 1.29 is 24.3 Å². The number of nitrogens with zero attached hydrogens (tertiary/aromatic N) is 1. The minimum absolute atomic E-state index is 0.271. The van der Waals surface area contributed by atoms with Crippen LogP contribution in [0.1, 0.15) is 58.4 Å². The molecule has 1 amide bonds. The van der Waals surface area contributed by atoms with Gasteiger partial charge in [0.1, 0.15) is 5.92 Å². The average Bonchev–Trinajstić information content (AvgIpc) is 2.58. The van der Waals surface area contributed by atoms with Crippen molar-refractivity contribution in [3.05, 3.63) is 35.9 Å². The second-order valence-corrected chi connectivity index (χ2v) is 7.15. The number of amides is 1. The first-order valence-corrected chi connectivity index (χ1v) is 9.09. The molecule has 0 spiro atoms. The summed E-state index contributed by atoms with van der Waals surface area (Å²) < 4.78 is 5.12. The third kappa shape index (κ3) is 7.97. The maximum atomic E-state index is 12.3. The molecule has 2 atom stereocenters. The fraction of sp³-hybridized carbons (Fsp3) is 0.600. The Balaban J connectivity index is 2.58. The number of ether oxygens (including phenoxy) is 1. The molecular formula is C20H31NO5. The van der Waals surface area contributed by atoms with Crippen LogP contribution in [0.15, 0.2) is 30.3 Å². The van der Waals surface area contributed by atoms with Gasteiger partial charge in [-0.15, -0.1) is 0 Å². The van der Waals surface area contributed by atoms with Crippen molar-refractivity contribution in [1.29, 1.82) is 0 Å². The Morgan fingerprint density at radius 2 is 1.88 bits per heavy atom. The van der Waals surface area contributed by atoms with E-state index >= 15 is 0 Å². The van der Waals surface area contributed by atoms with Gasteiger partial charge in [-0.25, -0.2) is 5.06 Å². The number of unbranched alkanes of at least 4 members (excludes halogenated alkanes) is 1. The van der Waals surface area contributed by atoms with E-state index in [0.717, 1.165) is 5.56 Å². The highest BCUT2D eigenvalue weighted by molar-refractivity contribution is 5.78. The molecule has 6 nitrogen and oxygen atoms in total. The van der Waals surface area contributed by atoms with Gasteiger partial charge < -0.3 is 9.84 Å². The van der Waals surface area contributed by atoms with E-state index in [4.69, 9.17) is 9.57 Å². The number of aliphatic hydroxyl groups is 1. The highest BCUT2D eigenvalue weighted by Gasteiger charge is 2.29. The first kappa shape index (κ1) is 22.1. The Labute approximate surface area is 156 Å². The molecule has 0 aliphatic carbocycles. The summed E-state index contributed by atoms with van der Waals surface area (Å²) in [5.41, 5.74) is 0.298. The fourth-order valence-electron chi connectivity index (χ4n) is 2.67. The smallest absolute Gasteiger partial charge is 0.316 e. The number of hydrogen-bond acceptors (Lipinski definition) is 5. The molecule has 6 heteroatoms. The lowest BCUT2D eigenvalue weighted by Crippen LogP contribution is -2.34. The Morgan fingerprint density at radius 1 is 1.23 bits per heavy atom. The number of hydrogen-bond donors (Lipinski definition) is 1. The predicted octanol–water partition coefficient (Wildman–Crippen LogP) is 3.05. The van der Waals surface area contributed by atoms with Gasteiger partial charge in [-0.05, 0) is 52.5 Å². The monoisotopic (exact) mass is 365 g/mol. The molecule has 146 valence electrons. The zero-order valence-corrected chi connectivity index (χ0v) is 16.2. The van der Waals surface area contributed by atoms with E-state index in [9.17, 15) is 14.7 Å². The zero-order valence-electron chi connectivity index (χ0n) is 16.2. The second-order valence-electron chi connectivity index (χ2n) is 7.15. The number of hydroxylamine groups is 2. The molecule has 1 rings (SSSR count). The van der Waals surface area contributed by atoms with Crippen LogP contribution in [0.4, 0.5) is 0 Å². The van der Waals surface area contributed by atoms with E-state index in [1.807, 2.05) is 51.1 Å². The summed E-state index contributed by atoms with van der Waals surface area (Å²) in [6.07, 6.45) is 1.57. The van der Waals surface area contributed by atoms with E-state index in [0.29, 0.717) is 32.2 Å². The van der Waals surface area contributed by atoms with Crippen molar-refractivity contribution in [1.82, 2.24) is 5.06 Å². The molecule has 0 radical (unpaired) electrons. The van der Waals surface area contributed by atoms with Gasteiger partial charge in [-0.2, -0.15) is 0 Å². The van der Waals surface area contributed by atoms with Gasteiger partial charge in [0, 0.05) is 6.54 Å². The molecule has 0 aliphatic heterocycles. The Morgan fingerprint density at radius 3 is 2.42 bits per heavy atom. The molecule has 0 bridgehead atoms. The maximum absolute atomic E-state index is 12.3. The third-order valence-electron chi connectivity index (χ3n) is 3.72. The van der Waals surface area contributed by atoms with Crippen molar-refractivity contribution in [3.8, 4) is 0 Å². The molecule has 0 aromatic heterocycles. The zero-order chi connectivity index (χ0) is 19.6. The van der Waals surface area contributed by atoms with Gasteiger partial charge in [-0.3, -0.25) is 14.4 Å². The van der Waals surface area contributed by atoms with Crippen LogP contribution in [0.2, 0.25) is 0 Å². The minimum atomic E-state index is -0.843. The number of carbonyl (C=O) groups is 2. The topological polar surface area (TPSA) is 76.1 Å². The molecule has 0 saturated carbocycles. The molecule has 1 aromatic carbocycles. The summed E-state index contributed by atoms with van der Waals surface area (Å²) in [4.78, 5) is 28.8. The molecule has 0 aliphatic rings. The molecule has 1 aromatic rings. The van der Waals surface area contributed by atoms with E-state index in [1.54, 1.807) is 6.92 Å². The van der Waals surface area contributed by atoms with Crippen LogP contribution in [-0.2, 0) is 19.2 Å². The average molecular weight is 365 g/mol. The number of rotatable bonds is 11. The summed E-state index contributed by atoms with van der Waals surface area (Å²) in [6, 6.07) is 9.16. The fourth-order valence-corrected chi connectivity index (χ4v) is 2.67. The van der Waals surface area contributed by atoms with Crippen molar-refractivity contribution >= 4 is 12.4 Å². The maximum Gasteiger partial charge on any atom is 0.316 e. The van der Waals surface area contributed by atoms with E-state index in [1.165, 1.54) is 5.06 Å². The molecule has 0 heterocycles. The number of esters is 1. The normalized spacial score (nSPS) is 13.7. The van der Waals surface area contributed by atoms with Crippen LogP contribution in [-0.4, -0.2) is 47.4 Å². The number of carbonyl (C=O) groups excluding carboxylic acids is 2. The summed E-state index contributed by atoms with van der Waals surface area (Å²) in [5.74, 6) is -1.12. The first-order chi connectivity index (χ1) is 12.3. The lowest BCUT2D eigenvalue weighted by Gasteiger charge is -2.27. The van der Waals surface area contributed by atoms with Crippen LogP contribution in [0.3, 0.4) is 0 Å². The summed E-state index contributed by atoms with van der Waals surface area (Å²) >= 11 is 0. The Kier molecular flexibility index (Phi) is 9.30. The third-order valence-corrected chi connectivity index (χ3v) is 3.72. The summed E-state index contributed by atoms with van der Waals surface area (Å²) in [6.45, 7) is 8.07. The largest absolute Gasteiger partial charge is 0.465 e. The van der Waals surface area contributed by atoms with Crippen molar-refractivity contribution in [3.63, 3.8) is 0 Å². The Bertz CT molecular complexity index is 541. The van der Waals surface area contributed by atoms with Gasteiger partial charge >= 0.3 is 5.97 Å². The van der Waals surface area contributed by atoms with Crippen LogP contribution in [0.5, 0.6) is 0 Å². The quantitative estimate of drug-likeness (QED) is 0.282. The van der Waals surface area contributed by atoms with Crippen molar-refractivity contribution in [2.75, 3.05) is 13.2 Å². The van der Waals surface area contributed by atoms with Gasteiger partial charge in [-0.1, -0.05) is 30.3 Å². The Hall–Kier alpha value is -1.92. The van der Waals surface area contributed by atoms with E-state index < -0.39 is 23.6 Å². The standard InChI is InChI=1S/C20H31NO5/c1-5-25-19(24)18(16-11-7-6-8-12-16)17(23)13-9-10-14-21(15-22)26-20(2,3)4/h6-8,11-12,15,17-18,23H,5,9-10,13-14H2,1-4H3. The summed E-state index contributed by atoms with van der Waals surface area (Å²) in [5, 5.41) is 11.8. The van der Waals surface area contributed by atoms with Gasteiger partial charge in [0.15, 0.2) is 0 Å². The molecule has 0 saturated heterocycles. The van der Waals surface area contributed by atoms with Gasteiger partial charge in [0.05, 0.1) is 18.3 Å². The lowest BCUT2D eigenvalue weighted by molar-refractivity contribution is -0.216. The van der Waals surface area contributed by atoms with Crippen LogP contribution in [0.25, 0.3) is 0 Å². The van der Waals surface area contributed by atoms with Crippen molar-refractivity contribution in [2.45, 2.75) is 64.6 Å². The van der Waals surface area contributed by atoms with Crippen LogP contribution in [0, 0.1) is 0 Å². The molecule has 0 fully saturated rings. The number of benzene rings is 1. The van der Waals surface area contributed by atoms with Gasteiger partial charge in [0.2, 0.25) is 6.41 Å². The molecular weight excluding hydrogens is 334 g/mol. The molecule has 2 unspecified atom stereocenters. The van der Waals surface area contributed by atoms with E-state index in [-0.39, 0.29) is 6.61 Å². The van der Waals surface area contributed by atoms with Crippen LogP contribution < -0.4 is 0 Å². The van der Waals surface area contributed by atoms with Gasteiger partial charge in [0.25, 0.3) is 0 Å². The predicted molar refractivity (Wildman–Crippen MR) is 99.3 cm³/mol. The number of aliphatic hydroxyl groups excluding tert-OH is 1. The second kappa shape index (κ2) is 10.9.